The predicted molar refractivity (Wildman–Crippen MR) is 34.6 cm³/mol. The summed E-state index contributed by atoms with van der Waals surface area (Å²) in [5, 5.41) is 11.5. The van der Waals surface area contributed by atoms with Gasteiger partial charge >= 0.3 is 7.48 Å². The first-order valence-electron chi connectivity index (χ1n) is 2.62. The van der Waals surface area contributed by atoms with Gasteiger partial charge in [0.1, 0.15) is 0 Å². The predicted octanol–water partition coefficient (Wildman–Crippen LogP) is -0.669. The second kappa shape index (κ2) is 2.57. The summed E-state index contributed by atoms with van der Waals surface area (Å²) in [5.41, 5.74) is 1.03. The summed E-state index contributed by atoms with van der Waals surface area (Å²) in [6.45, 7) is 0.785. The van der Waals surface area contributed by atoms with E-state index >= 15 is 0 Å². The molecule has 0 unspecified atom stereocenters. The molecule has 0 spiro atoms. The van der Waals surface area contributed by atoms with Crippen molar-refractivity contribution in [3.63, 3.8) is 0 Å². The quantitative estimate of drug-likeness (QED) is 0.437. The number of dihydropyridines is 1. The summed E-state index contributed by atoms with van der Waals surface area (Å²) >= 11 is 0. The van der Waals surface area contributed by atoms with Crippen LogP contribution >= 0.6 is 0 Å². The second-order valence-corrected chi connectivity index (χ2v) is 1.72. The largest absolute Gasteiger partial charge is 0.449 e. The molecule has 1 aliphatic heterocycles. The van der Waals surface area contributed by atoms with Gasteiger partial charge in [-0.05, 0) is 12.3 Å². The van der Waals surface area contributed by atoms with Crippen LogP contribution in [-0.4, -0.2) is 19.1 Å². The molecule has 0 saturated heterocycles. The smallest absolute Gasteiger partial charge is 0.302 e. The van der Waals surface area contributed by atoms with Crippen molar-refractivity contribution in [1.82, 2.24) is 5.32 Å². The van der Waals surface area contributed by atoms with Gasteiger partial charge in [-0.1, -0.05) is 11.5 Å². The molecule has 0 amide bonds. The van der Waals surface area contributed by atoms with E-state index in [9.17, 15) is 0 Å². The summed E-state index contributed by atoms with van der Waals surface area (Å²) in [4.78, 5) is 0. The average Bonchev–Trinajstić information content (AvgIpc) is 1.90. The molecule has 0 aromatic rings. The summed E-state index contributed by atoms with van der Waals surface area (Å²) in [7, 11) is 0.164. The van der Waals surface area contributed by atoms with E-state index in [0.29, 0.717) is 0 Å². The SMILES string of the molecule is OBC1=CC=CNC1. The van der Waals surface area contributed by atoms with Crippen LogP contribution in [0.25, 0.3) is 0 Å². The molecule has 2 N–H and O–H groups in total. The molecule has 42 valence electrons. The van der Waals surface area contributed by atoms with E-state index in [1.165, 1.54) is 0 Å². The van der Waals surface area contributed by atoms with Gasteiger partial charge in [0, 0.05) is 6.54 Å². The van der Waals surface area contributed by atoms with Crippen molar-refractivity contribution in [2.45, 2.75) is 0 Å². The van der Waals surface area contributed by atoms with E-state index in [2.05, 4.69) is 5.32 Å². The third kappa shape index (κ3) is 1.14. The Hall–Kier alpha value is -0.695. The molecule has 0 fully saturated rings. The summed E-state index contributed by atoms with van der Waals surface area (Å²) < 4.78 is 0. The molecule has 0 aromatic heterocycles. The highest BCUT2D eigenvalue weighted by Crippen LogP contribution is 1.92. The van der Waals surface area contributed by atoms with Crippen LogP contribution in [0.15, 0.2) is 23.8 Å². The molecule has 2 nitrogen and oxygen atoms in total. The first-order chi connectivity index (χ1) is 3.93. The standard InChI is InChI=1S/C5H8BNO/c8-6-5-2-1-3-7-4-5/h1-3,6-8H,4H2. The van der Waals surface area contributed by atoms with Crippen molar-refractivity contribution >= 4 is 7.48 Å². The number of allylic oxidation sites excluding steroid dienone is 2. The molecule has 1 aliphatic rings. The molecule has 0 aliphatic carbocycles. The van der Waals surface area contributed by atoms with Crippen LogP contribution < -0.4 is 5.32 Å². The van der Waals surface area contributed by atoms with Crippen LogP contribution in [-0.2, 0) is 0 Å². The molecular formula is C5H8BNO. The molecule has 0 atom stereocenters. The molecule has 0 aromatic carbocycles. The van der Waals surface area contributed by atoms with E-state index in [-0.39, 0.29) is 7.48 Å². The topological polar surface area (TPSA) is 32.3 Å². The first kappa shape index (κ1) is 5.44. The highest BCUT2D eigenvalue weighted by atomic mass is 16.2. The number of hydrogen-bond acceptors (Lipinski definition) is 2. The lowest BCUT2D eigenvalue weighted by atomic mass is 9.87. The van der Waals surface area contributed by atoms with Gasteiger partial charge < -0.3 is 10.3 Å². The van der Waals surface area contributed by atoms with Crippen molar-refractivity contribution in [2.75, 3.05) is 6.54 Å². The maximum absolute atomic E-state index is 8.55. The number of nitrogens with one attached hydrogen (secondary N) is 1. The van der Waals surface area contributed by atoms with Crippen LogP contribution in [0.4, 0.5) is 0 Å². The van der Waals surface area contributed by atoms with Crippen LogP contribution in [0, 0.1) is 0 Å². The second-order valence-electron chi connectivity index (χ2n) is 1.72. The normalized spacial score (nSPS) is 16.9. The van der Waals surface area contributed by atoms with Crippen molar-refractivity contribution in [1.29, 1.82) is 0 Å². The van der Waals surface area contributed by atoms with Crippen molar-refractivity contribution < 1.29 is 5.02 Å². The molecule has 1 heterocycles. The van der Waals surface area contributed by atoms with Crippen LogP contribution in [0.5, 0.6) is 0 Å². The zero-order valence-corrected chi connectivity index (χ0v) is 4.59. The van der Waals surface area contributed by atoms with E-state index in [4.69, 9.17) is 5.02 Å². The summed E-state index contributed by atoms with van der Waals surface area (Å²) in [5.74, 6) is 0. The van der Waals surface area contributed by atoms with Gasteiger partial charge in [-0.25, -0.2) is 0 Å². The fraction of sp³-hybridized carbons (Fsp3) is 0.200. The van der Waals surface area contributed by atoms with Gasteiger partial charge in [0.05, 0.1) is 0 Å². The third-order valence-electron chi connectivity index (χ3n) is 1.08. The minimum atomic E-state index is 0.164. The average molecular weight is 109 g/mol. The van der Waals surface area contributed by atoms with Gasteiger partial charge in [-0.3, -0.25) is 0 Å². The lowest BCUT2D eigenvalue weighted by Gasteiger charge is -2.04. The Kier molecular flexibility index (Phi) is 1.75. The summed E-state index contributed by atoms with van der Waals surface area (Å²) in [6, 6.07) is 0. The Morgan fingerprint density at radius 2 is 2.62 bits per heavy atom. The van der Waals surface area contributed by atoms with Crippen molar-refractivity contribution in [2.24, 2.45) is 0 Å². The first-order valence-corrected chi connectivity index (χ1v) is 2.62. The maximum Gasteiger partial charge on any atom is 0.302 e. The number of rotatable bonds is 1. The highest BCUT2D eigenvalue weighted by Gasteiger charge is 1.95. The van der Waals surface area contributed by atoms with E-state index in [0.717, 1.165) is 12.0 Å². The Balaban J connectivity index is 2.50. The molecule has 0 bridgehead atoms. The lowest BCUT2D eigenvalue weighted by molar-refractivity contribution is 0.608. The molecular weight excluding hydrogens is 101 g/mol. The zero-order chi connectivity index (χ0) is 5.82. The molecule has 0 radical (unpaired) electrons. The number of hydrogen-bond donors (Lipinski definition) is 2. The Morgan fingerprint density at radius 3 is 3.00 bits per heavy atom. The van der Waals surface area contributed by atoms with Gasteiger partial charge in [-0.2, -0.15) is 0 Å². The Bertz CT molecular complexity index is 130. The minimum Gasteiger partial charge on any atom is -0.449 e. The van der Waals surface area contributed by atoms with Crippen molar-refractivity contribution in [3.8, 4) is 0 Å². The van der Waals surface area contributed by atoms with E-state index in [1.54, 1.807) is 0 Å². The molecule has 1 rings (SSSR count). The molecule has 8 heavy (non-hydrogen) atoms. The molecule has 0 saturated carbocycles. The van der Waals surface area contributed by atoms with Crippen LogP contribution in [0.1, 0.15) is 0 Å². The van der Waals surface area contributed by atoms with Gasteiger partial charge in [0.2, 0.25) is 0 Å². The van der Waals surface area contributed by atoms with Gasteiger partial charge in [0.15, 0.2) is 0 Å². The van der Waals surface area contributed by atoms with Crippen LogP contribution in [0.3, 0.4) is 0 Å². The Morgan fingerprint density at radius 1 is 1.75 bits per heavy atom. The fourth-order valence-corrected chi connectivity index (χ4v) is 0.610. The lowest BCUT2D eigenvalue weighted by Crippen LogP contribution is -2.16. The molecule has 3 heteroatoms. The summed E-state index contributed by atoms with van der Waals surface area (Å²) in [6.07, 6.45) is 5.66. The third-order valence-corrected chi connectivity index (χ3v) is 1.08. The van der Waals surface area contributed by atoms with Crippen LogP contribution in [0.2, 0.25) is 0 Å². The highest BCUT2D eigenvalue weighted by molar-refractivity contribution is 6.36. The maximum atomic E-state index is 8.55. The fourth-order valence-electron chi connectivity index (χ4n) is 0.610. The minimum absolute atomic E-state index is 0.164. The monoisotopic (exact) mass is 109 g/mol. The van der Waals surface area contributed by atoms with E-state index < -0.39 is 0 Å². The van der Waals surface area contributed by atoms with E-state index in [1.807, 2.05) is 18.4 Å². The van der Waals surface area contributed by atoms with Gasteiger partial charge in [-0.15, -0.1) is 0 Å². The Labute approximate surface area is 49.2 Å². The van der Waals surface area contributed by atoms with Crippen molar-refractivity contribution in [3.05, 3.63) is 23.8 Å². The zero-order valence-electron chi connectivity index (χ0n) is 4.59. The van der Waals surface area contributed by atoms with Gasteiger partial charge in [0.25, 0.3) is 0 Å².